The monoisotopic (exact) mass is 445 g/mol. The third kappa shape index (κ3) is 4.22. The van der Waals surface area contributed by atoms with E-state index in [0.717, 1.165) is 17.7 Å². The average Bonchev–Trinajstić information content (AvgIpc) is 3.04. The minimum atomic E-state index is -4.45. The molecule has 0 unspecified atom stereocenters. The first kappa shape index (κ1) is 20.8. The molecule has 0 atom stereocenters. The fraction of sp³-hybridized carbons (Fsp3) is 0.143. The summed E-state index contributed by atoms with van der Waals surface area (Å²) in [6.07, 6.45) is 0.235. The van der Waals surface area contributed by atoms with Gasteiger partial charge in [0.2, 0.25) is 0 Å². The van der Waals surface area contributed by atoms with Crippen LogP contribution in [0.4, 0.5) is 18.9 Å². The van der Waals surface area contributed by atoms with Gasteiger partial charge in [0.15, 0.2) is 5.65 Å². The van der Waals surface area contributed by atoms with Gasteiger partial charge in [0.05, 0.1) is 33.8 Å². The number of fused-ring (bicyclic) bond motifs is 1. The predicted octanol–water partition coefficient (Wildman–Crippen LogP) is 5.11. The van der Waals surface area contributed by atoms with E-state index < -0.39 is 17.6 Å². The minimum Gasteiger partial charge on any atom is -0.322 e. The van der Waals surface area contributed by atoms with Gasteiger partial charge in [-0.1, -0.05) is 11.6 Å². The number of nitrogens with one attached hydrogen (secondary N) is 1. The summed E-state index contributed by atoms with van der Waals surface area (Å²) in [7, 11) is 0. The van der Waals surface area contributed by atoms with Crippen molar-refractivity contribution in [3.63, 3.8) is 0 Å². The number of aryl methyl sites for hydroxylation is 1. The lowest BCUT2D eigenvalue weighted by molar-refractivity contribution is -0.137. The number of alkyl halides is 3. The summed E-state index contributed by atoms with van der Waals surface area (Å²) in [5.74, 6) is -0.583. The predicted molar refractivity (Wildman–Crippen MR) is 110 cm³/mol. The van der Waals surface area contributed by atoms with Crippen LogP contribution in [-0.2, 0) is 12.7 Å². The molecular formula is C21H15ClF3N5O. The van der Waals surface area contributed by atoms with E-state index in [4.69, 9.17) is 11.6 Å². The van der Waals surface area contributed by atoms with Gasteiger partial charge in [-0.2, -0.15) is 18.3 Å². The van der Waals surface area contributed by atoms with Gasteiger partial charge in [-0.05, 0) is 48.9 Å². The van der Waals surface area contributed by atoms with Crippen molar-refractivity contribution in [2.24, 2.45) is 0 Å². The van der Waals surface area contributed by atoms with Crippen molar-refractivity contribution in [3.05, 3.63) is 82.4 Å². The molecule has 0 fully saturated rings. The molecule has 0 aliphatic carbocycles. The molecule has 0 spiro atoms. The number of aromatic nitrogens is 4. The molecule has 6 nitrogen and oxygen atoms in total. The number of pyridine rings is 2. The van der Waals surface area contributed by atoms with E-state index in [1.807, 2.05) is 12.1 Å². The van der Waals surface area contributed by atoms with Crippen LogP contribution in [0.15, 0.2) is 55.0 Å². The summed E-state index contributed by atoms with van der Waals surface area (Å²) in [6.45, 7) is 2.21. The Morgan fingerprint density at radius 1 is 1.13 bits per heavy atom. The lowest BCUT2D eigenvalue weighted by Crippen LogP contribution is -2.14. The van der Waals surface area contributed by atoms with E-state index in [-0.39, 0.29) is 16.3 Å². The molecule has 0 saturated heterocycles. The Morgan fingerprint density at radius 3 is 2.45 bits per heavy atom. The van der Waals surface area contributed by atoms with Crippen LogP contribution in [0.5, 0.6) is 0 Å². The first-order chi connectivity index (χ1) is 14.7. The van der Waals surface area contributed by atoms with Gasteiger partial charge >= 0.3 is 6.18 Å². The molecule has 158 valence electrons. The van der Waals surface area contributed by atoms with Gasteiger partial charge < -0.3 is 5.32 Å². The van der Waals surface area contributed by atoms with Gasteiger partial charge in [-0.25, -0.2) is 9.67 Å². The van der Waals surface area contributed by atoms with Gasteiger partial charge in [0.1, 0.15) is 0 Å². The first-order valence-electron chi connectivity index (χ1n) is 9.13. The zero-order chi connectivity index (χ0) is 22.2. The van der Waals surface area contributed by atoms with Crippen LogP contribution < -0.4 is 5.32 Å². The van der Waals surface area contributed by atoms with Gasteiger partial charge in [-0.3, -0.25) is 9.78 Å². The number of benzene rings is 1. The second-order valence-electron chi connectivity index (χ2n) is 6.81. The molecule has 0 saturated carbocycles. The normalized spacial score (nSPS) is 11.6. The van der Waals surface area contributed by atoms with Crippen molar-refractivity contribution < 1.29 is 18.0 Å². The number of anilines is 1. The lowest BCUT2D eigenvalue weighted by atomic mass is 10.1. The molecule has 10 heteroatoms. The molecule has 0 bridgehead atoms. The molecule has 1 N–H and O–H groups in total. The Bertz CT molecular complexity index is 1250. The topological polar surface area (TPSA) is 72.7 Å². The highest BCUT2D eigenvalue weighted by Crippen LogP contribution is 2.31. The molecule has 0 radical (unpaired) electrons. The van der Waals surface area contributed by atoms with E-state index in [1.165, 1.54) is 18.3 Å². The Balaban J connectivity index is 1.62. The zero-order valence-corrected chi connectivity index (χ0v) is 16.9. The maximum atomic E-state index is 12.7. The number of rotatable bonds is 4. The summed E-state index contributed by atoms with van der Waals surface area (Å²) in [5.41, 5.74) is 1.60. The van der Waals surface area contributed by atoms with Crippen molar-refractivity contribution >= 4 is 34.2 Å². The number of carbonyl (C=O) groups is 1. The van der Waals surface area contributed by atoms with Crippen molar-refractivity contribution in [3.8, 4) is 0 Å². The second-order valence-corrected chi connectivity index (χ2v) is 7.19. The molecule has 4 aromatic rings. The number of halogens is 4. The van der Waals surface area contributed by atoms with Crippen molar-refractivity contribution in [1.29, 1.82) is 0 Å². The number of amides is 1. The van der Waals surface area contributed by atoms with Crippen LogP contribution in [0.2, 0.25) is 5.02 Å². The fourth-order valence-electron chi connectivity index (χ4n) is 3.15. The molecule has 1 aromatic carbocycles. The molecule has 0 aliphatic rings. The maximum absolute atomic E-state index is 12.7. The summed E-state index contributed by atoms with van der Waals surface area (Å²) in [6, 6.07) is 7.86. The highest BCUT2D eigenvalue weighted by atomic mass is 35.5. The Labute approximate surface area is 179 Å². The molecule has 1 amide bonds. The third-order valence-electron chi connectivity index (χ3n) is 4.67. The smallest absolute Gasteiger partial charge is 0.322 e. The SMILES string of the molecule is Cc1nn(Cc2ccncc2)c2ncc(C(=O)Nc3ccc(C(F)(F)F)cc3)c(Cl)c12. The largest absolute Gasteiger partial charge is 0.416 e. The van der Waals surface area contributed by atoms with Crippen molar-refractivity contribution in [1.82, 2.24) is 19.7 Å². The van der Waals surface area contributed by atoms with Crippen LogP contribution in [0.1, 0.15) is 27.2 Å². The first-order valence-corrected chi connectivity index (χ1v) is 9.51. The van der Waals surface area contributed by atoms with Crippen molar-refractivity contribution in [2.75, 3.05) is 5.32 Å². The Morgan fingerprint density at radius 2 is 1.81 bits per heavy atom. The summed E-state index contributed by atoms with van der Waals surface area (Å²) < 4.78 is 39.8. The van der Waals surface area contributed by atoms with E-state index in [9.17, 15) is 18.0 Å². The number of carbonyl (C=O) groups excluding carboxylic acids is 1. The standard InChI is InChI=1S/C21H15ClF3N5O/c1-12-17-18(22)16(20(31)28-15-4-2-14(3-5-15)21(23,24)25)10-27-19(17)30(29-12)11-13-6-8-26-9-7-13/h2-10H,11H2,1H3,(H,28,31). The summed E-state index contributed by atoms with van der Waals surface area (Å²) >= 11 is 6.50. The number of hydrogen-bond acceptors (Lipinski definition) is 4. The number of hydrogen-bond donors (Lipinski definition) is 1. The molecule has 4 rings (SSSR count). The van der Waals surface area contributed by atoms with Gasteiger partial charge in [-0.15, -0.1) is 0 Å². The second kappa shape index (κ2) is 7.99. The minimum absolute atomic E-state index is 0.0978. The van der Waals surface area contributed by atoms with Gasteiger partial charge in [0, 0.05) is 24.3 Å². The quantitative estimate of drug-likeness (QED) is 0.474. The van der Waals surface area contributed by atoms with E-state index in [0.29, 0.717) is 23.3 Å². The van der Waals surface area contributed by atoms with E-state index in [2.05, 4.69) is 20.4 Å². The van der Waals surface area contributed by atoms with Crippen LogP contribution in [0.3, 0.4) is 0 Å². The zero-order valence-electron chi connectivity index (χ0n) is 16.1. The van der Waals surface area contributed by atoms with Gasteiger partial charge in [0.25, 0.3) is 5.91 Å². The average molecular weight is 446 g/mol. The molecule has 3 heterocycles. The Hall–Kier alpha value is -3.46. The summed E-state index contributed by atoms with van der Waals surface area (Å²) in [4.78, 5) is 21.0. The Kier molecular flexibility index (Phi) is 5.36. The fourth-order valence-corrected chi connectivity index (χ4v) is 3.50. The lowest BCUT2D eigenvalue weighted by Gasteiger charge is -2.10. The van der Waals surface area contributed by atoms with Crippen molar-refractivity contribution in [2.45, 2.75) is 19.6 Å². The molecule has 31 heavy (non-hydrogen) atoms. The maximum Gasteiger partial charge on any atom is 0.416 e. The van der Waals surface area contributed by atoms with E-state index in [1.54, 1.807) is 24.0 Å². The third-order valence-corrected chi connectivity index (χ3v) is 5.06. The van der Waals surface area contributed by atoms with Crippen LogP contribution >= 0.6 is 11.6 Å². The molecular weight excluding hydrogens is 431 g/mol. The highest BCUT2D eigenvalue weighted by Gasteiger charge is 2.30. The van der Waals surface area contributed by atoms with E-state index >= 15 is 0 Å². The summed E-state index contributed by atoms with van der Waals surface area (Å²) in [5, 5.41) is 7.73. The highest BCUT2D eigenvalue weighted by molar-refractivity contribution is 6.39. The molecule has 3 aromatic heterocycles. The van der Waals surface area contributed by atoms with Crippen LogP contribution in [0.25, 0.3) is 11.0 Å². The number of nitrogens with zero attached hydrogens (tertiary/aromatic N) is 4. The van der Waals surface area contributed by atoms with Crippen LogP contribution in [-0.4, -0.2) is 25.7 Å². The molecule has 0 aliphatic heterocycles. The van der Waals surface area contributed by atoms with Crippen LogP contribution in [0, 0.1) is 6.92 Å².